The van der Waals surface area contributed by atoms with E-state index in [1.54, 1.807) is 11.3 Å². The molecular weight excluding hydrogens is 288 g/mol. The third-order valence-electron chi connectivity index (χ3n) is 5.22. The minimum atomic E-state index is 0.663. The number of piperidine rings is 1. The van der Waals surface area contributed by atoms with Gasteiger partial charge in [0.15, 0.2) is 0 Å². The van der Waals surface area contributed by atoms with Crippen LogP contribution in [-0.2, 0) is 6.54 Å². The Morgan fingerprint density at radius 2 is 1.95 bits per heavy atom. The fraction of sp³-hybridized carbons (Fsp3) is 0.474. The van der Waals surface area contributed by atoms with Crippen molar-refractivity contribution in [3.63, 3.8) is 0 Å². The third kappa shape index (κ3) is 2.92. The zero-order valence-electron chi connectivity index (χ0n) is 13.0. The topological polar surface area (TPSA) is 15.3 Å². The van der Waals surface area contributed by atoms with Crippen LogP contribution in [0.1, 0.15) is 49.3 Å². The standard InChI is InChI=1S/C19H24N2S/c1-2-11-21-18(3-1)8-9-19(21)16-4-6-17(7-5-16)20-13-15-10-12-22-14-15/h4-7,10,12,14,18-20H,1-3,8-9,11,13H2/t18-,19-/m1/s1. The fourth-order valence-electron chi connectivity index (χ4n) is 4.04. The second-order valence-electron chi connectivity index (χ2n) is 6.59. The molecule has 2 fully saturated rings. The molecule has 1 aromatic carbocycles. The molecule has 2 saturated heterocycles. The molecule has 2 aliphatic heterocycles. The number of rotatable bonds is 4. The lowest BCUT2D eigenvalue weighted by molar-refractivity contribution is 0.150. The van der Waals surface area contributed by atoms with Gasteiger partial charge in [0.05, 0.1) is 0 Å². The number of nitrogens with zero attached hydrogens (tertiary/aromatic N) is 1. The van der Waals surface area contributed by atoms with Crippen LogP contribution < -0.4 is 5.32 Å². The summed E-state index contributed by atoms with van der Waals surface area (Å²) in [7, 11) is 0. The summed E-state index contributed by atoms with van der Waals surface area (Å²) in [4.78, 5) is 2.76. The Morgan fingerprint density at radius 1 is 1.05 bits per heavy atom. The zero-order chi connectivity index (χ0) is 14.8. The van der Waals surface area contributed by atoms with E-state index in [4.69, 9.17) is 0 Å². The second-order valence-corrected chi connectivity index (χ2v) is 7.37. The number of benzene rings is 1. The molecule has 0 radical (unpaired) electrons. The van der Waals surface area contributed by atoms with Crippen molar-refractivity contribution in [3.8, 4) is 0 Å². The molecule has 0 unspecified atom stereocenters. The Morgan fingerprint density at radius 3 is 2.77 bits per heavy atom. The van der Waals surface area contributed by atoms with Crippen molar-refractivity contribution in [2.45, 2.75) is 50.7 Å². The van der Waals surface area contributed by atoms with Gasteiger partial charge < -0.3 is 5.32 Å². The summed E-state index contributed by atoms with van der Waals surface area (Å²) in [6, 6.07) is 12.9. The van der Waals surface area contributed by atoms with Gasteiger partial charge in [0.1, 0.15) is 0 Å². The van der Waals surface area contributed by atoms with Crippen LogP contribution >= 0.6 is 11.3 Å². The summed E-state index contributed by atoms with van der Waals surface area (Å²) in [5.41, 5.74) is 4.09. The number of fused-ring (bicyclic) bond motifs is 1. The molecule has 1 N–H and O–H groups in total. The molecule has 2 aromatic rings. The predicted molar refractivity (Wildman–Crippen MR) is 94.4 cm³/mol. The van der Waals surface area contributed by atoms with E-state index in [-0.39, 0.29) is 0 Å². The van der Waals surface area contributed by atoms with E-state index in [9.17, 15) is 0 Å². The summed E-state index contributed by atoms with van der Waals surface area (Å²) >= 11 is 1.76. The third-order valence-corrected chi connectivity index (χ3v) is 5.95. The molecule has 4 rings (SSSR count). The van der Waals surface area contributed by atoms with E-state index in [1.165, 1.54) is 55.5 Å². The first-order chi connectivity index (χ1) is 10.9. The maximum Gasteiger partial charge on any atom is 0.0409 e. The molecule has 116 valence electrons. The van der Waals surface area contributed by atoms with E-state index >= 15 is 0 Å². The highest BCUT2D eigenvalue weighted by atomic mass is 32.1. The van der Waals surface area contributed by atoms with Crippen LogP contribution in [0.2, 0.25) is 0 Å². The van der Waals surface area contributed by atoms with Gasteiger partial charge in [-0.2, -0.15) is 11.3 Å². The Bertz CT molecular complexity index is 590. The van der Waals surface area contributed by atoms with Crippen LogP contribution in [0.3, 0.4) is 0 Å². The normalized spacial score (nSPS) is 25.1. The van der Waals surface area contributed by atoms with Gasteiger partial charge in [-0.3, -0.25) is 4.90 Å². The van der Waals surface area contributed by atoms with Gasteiger partial charge in [-0.25, -0.2) is 0 Å². The van der Waals surface area contributed by atoms with E-state index < -0.39 is 0 Å². The van der Waals surface area contributed by atoms with Crippen molar-refractivity contribution >= 4 is 17.0 Å². The van der Waals surface area contributed by atoms with E-state index in [0.717, 1.165) is 12.6 Å². The van der Waals surface area contributed by atoms with E-state index in [0.29, 0.717) is 6.04 Å². The molecule has 3 heteroatoms. The Hall–Kier alpha value is -1.32. The lowest BCUT2D eigenvalue weighted by Gasteiger charge is -2.34. The summed E-state index contributed by atoms with van der Waals surface area (Å²) in [6.07, 6.45) is 6.96. The Balaban J connectivity index is 1.41. The highest BCUT2D eigenvalue weighted by molar-refractivity contribution is 7.07. The summed E-state index contributed by atoms with van der Waals surface area (Å²) < 4.78 is 0. The Kier molecular flexibility index (Phi) is 4.17. The first-order valence-corrected chi connectivity index (χ1v) is 9.45. The number of anilines is 1. The van der Waals surface area contributed by atoms with Gasteiger partial charge in [0.2, 0.25) is 0 Å². The predicted octanol–water partition coefficient (Wildman–Crippen LogP) is 5.05. The molecular formula is C19H24N2S. The van der Waals surface area contributed by atoms with Crippen LogP contribution in [0.15, 0.2) is 41.1 Å². The number of nitrogens with one attached hydrogen (secondary N) is 1. The van der Waals surface area contributed by atoms with Crippen molar-refractivity contribution in [1.82, 2.24) is 4.90 Å². The van der Waals surface area contributed by atoms with Crippen LogP contribution in [0.5, 0.6) is 0 Å². The molecule has 2 atom stereocenters. The van der Waals surface area contributed by atoms with Gasteiger partial charge in [0, 0.05) is 24.3 Å². The monoisotopic (exact) mass is 312 g/mol. The molecule has 1 aromatic heterocycles. The Labute approximate surface area is 137 Å². The van der Waals surface area contributed by atoms with Crippen molar-refractivity contribution < 1.29 is 0 Å². The van der Waals surface area contributed by atoms with E-state index in [2.05, 4.69) is 51.3 Å². The average molecular weight is 312 g/mol. The first kappa shape index (κ1) is 14.3. The van der Waals surface area contributed by atoms with Crippen molar-refractivity contribution in [3.05, 3.63) is 52.2 Å². The maximum absolute atomic E-state index is 3.51. The molecule has 0 aliphatic carbocycles. The molecule has 0 spiro atoms. The molecule has 0 bridgehead atoms. The van der Waals surface area contributed by atoms with Crippen molar-refractivity contribution in [2.75, 3.05) is 11.9 Å². The number of thiophene rings is 1. The molecule has 0 saturated carbocycles. The largest absolute Gasteiger partial charge is 0.381 e. The summed E-state index contributed by atoms with van der Waals surface area (Å²) in [5, 5.41) is 7.85. The molecule has 3 heterocycles. The van der Waals surface area contributed by atoms with Crippen molar-refractivity contribution in [2.24, 2.45) is 0 Å². The smallest absolute Gasteiger partial charge is 0.0409 e. The summed E-state index contributed by atoms with van der Waals surface area (Å²) in [5.74, 6) is 0. The van der Waals surface area contributed by atoms with Crippen LogP contribution in [0.4, 0.5) is 5.69 Å². The van der Waals surface area contributed by atoms with Gasteiger partial charge in [-0.05, 0) is 72.3 Å². The second kappa shape index (κ2) is 6.43. The van der Waals surface area contributed by atoms with Crippen LogP contribution in [-0.4, -0.2) is 17.5 Å². The number of hydrogen-bond acceptors (Lipinski definition) is 3. The highest BCUT2D eigenvalue weighted by Gasteiger charge is 2.35. The van der Waals surface area contributed by atoms with Gasteiger partial charge >= 0.3 is 0 Å². The fourth-order valence-corrected chi connectivity index (χ4v) is 4.71. The highest BCUT2D eigenvalue weighted by Crippen LogP contribution is 2.40. The van der Waals surface area contributed by atoms with E-state index in [1.807, 2.05) is 0 Å². The molecule has 22 heavy (non-hydrogen) atoms. The minimum Gasteiger partial charge on any atom is -0.381 e. The lowest BCUT2D eigenvalue weighted by atomic mass is 10.0. The van der Waals surface area contributed by atoms with Gasteiger partial charge in [-0.1, -0.05) is 18.6 Å². The SMILES string of the molecule is c1cc(CNc2ccc([C@H]3CC[C@H]4CCCCN43)cc2)cs1. The van der Waals surface area contributed by atoms with Crippen molar-refractivity contribution in [1.29, 1.82) is 0 Å². The van der Waals surface area contributed by atoms with Gasteiger partial charge in [0.25, 0.3) is 0 Å². The lowest BCUT2D eigenvalue weighted by Crippen LogP contribution is -2.35. The molecule has 2 aliphatic rings. The average Bonchev–Trinajstić information content (AvgIpc) is 3.23. The first-order valence-electron chi connectivity index (χ1n) is 8.51. The van der Waals surface area contributed by atoms with Crippen LogP contribution in [0.25, 0.3) is 0 Å². The quantitative estimate of drug-likeness (QED) is 0.850. The van der Waals surface area contributed by atoms with Gasteiger partial charge in [-0.15, -0.1) is 0 Å². The van der Waals surface area contributed by atoms with Crippen LogP contribution in [0, 0.1) is 0 Å². The number of hydrogen-bond donors (Lipinski definition) is 1. The molecule has 0 amide bonds. The zero-order valence-corrected chi connectivity index (χ0v) is 13.8. The maximum atomic E-state index is 3.51. The summed E-state index contributed by atoms with van der Waals surface area (Å²) in [6.45, 7) is 2.22. The molecule has 2 nitrogen and oxygen atoms in total. The minimum absolute atomic E-state index is 0.663.